The van der Waals surface area contributed by atoms with Crippen LogP contribution in [0, 0.1) is 24.2 Å². The Morgan fingerprint density at radius 2 is 2.00 bits per heavy atom. The summed E-state index contributed by atoms with van der Waals surface area (Å²) in [4.78, 5) is 0. The van der Waals surface area contributed by atoms with Crippen LogP contribution in [0.15, 0.2) is 24.3 Å². The van der Waals surface area contributed by atoms with Gasteiger partial charge in [0.15, 0.2) is 0 Å². The van der Waals surface area contributed by atoms with Crippen LogP contribution in [0.5, 0.6) is 0 Å². The van der Waals surface area contributed by atoms with E-state index >= 15 is 0 Å². The zero-order valence-corrected chi connectivity index (χ0v) is 10.3. The fourth-order valence-electron chi connectivity index (χ4n) is 1.93. The number of nitriles is 1. The van der Waals surface area contributed by atoms with Gasteiger partial charge in [-0.25, -0.2) is 0 Å². The molecule has 0 aromatic heterocycles. The van der Waals surface area contributed by atoms with E-state index in [1.54, 1.807) is 0 Å². The SMILES string of the molecule is CCC(CC)C(C#N)Nc1cccc(C)c1. The molecule has 16 heavy (non-hydrogen) atoms. The molecule has 0 aliphatic heterocycles. The third kappa shape index (κ3) is 3.27. The molecule has 0 heterocycles. The molecular weight excluding hydrogens is 196 g/mol. The molecule has 1 aromatic carbocycles. The standard InChI is InChI=1S/C14H20N2/c1-4-12(5-2)14(10-15)16-13-8-6-7-11(3)9-13/h6-9,12,14,16H,4-5H2,1-3H3. The van der Waals surface area contributed by atoms with Gasteiger partial charge in [0.05, 0.1) is 6.07 Å². The second-order valence-electron chi connectivity index (χ2n) is 4.20. The Morgan fingerprint density at radius 1 is 1.31 bits per heavy atom. The van der Waals surface area contributed by atoms with Gasteiger partial charge in [-0.15, -0.1) is 0 Å². The van der Waals surface area contributed by atoms with Crippen molar-refractivity contribution in [3.05, 3.63) is 29.8 Å². The first kappa shape index (κ1) is 12.6. The van der Waals surface area contributed by atoms with Crippen molar-refractivity contribution in [1.82, 2.24) is 0 Å². The highest BCUT2D eigenvalue weighted by atomic mass is 14.9. The van der Waals surface area contributed by atoms with E-state index in [0.717, 1.165) is 18.5 Å². The van der Waals surface area contributed by atoms with Crippen molar-refractivity contribution in [2.45, 2.75) is 39.7 Å². The minimum absolute atomic E-state index is 0.0863. The number of anilines is 1. The lowest BCUT2D eigenvalue weighted by Crippen LogP contribution is -2.26. The molecule has 1 aromatic rings. The highest BCUT2D eigenvalue weighted by Crippen LogP contribution is 2.18. The Labute approximate surface area is 98.3 Å². The number of aryl methyl sites for hydroxylation is 1. The second kappa shape index (κ2) is 6.17. The van der Waals surface area contributed by atoms with Crippen LogP contribution in [-0.2, 0) is 0 Å². The highest BCUT2D eigenvalue weighted by molar-refractivity contribution is 5.47. The van der Waals surface area contributed by atoms with Crippen molar-refractivity contribution in [2.24, 2.45) is 5.92 Å². The van der Waals surface area contributed by atoms with E-state index in [1.807, 2.05) is 12.1 Å². The monoisotopic (exact) mass is 216 g/mol. The minimum atomic E-state index is -0.0863. The van der Waals surface area contributed by atoms with Crippen molar-refractivity contribution in [3.63, 3.8) is 0 Å². The number of hydrogen-bond acceptors (Lipinski definition) is 2. The first-order valence-corrected chi connectivity index (χ1v) is 5.94. The Balaban J connectivity index is 2.74. The summed E-state index contributed by atoms with van der Waals surface area (Å²) in [5, 5.41) is 12.5. The second-order valence-corrected chi connectivity index (χ2v) is 4.20. The van der Waals surface area contributed by atoms with E-state index in [1.165, 1.54) is 5.56 Å². The molecule has 0 aliphatic carbocycles. The lowest BCUT2D eigenvalue weighted by molar-refractivity contribution is 0.469. The molecule has 0 bridgehead atoms. The van der Waals surface area contributed by atoms with Gasteiger partial charge in [0, 0.05) is 5.69 Å². The minimum Gasteiger partial charge on any atom is -0.370 e. The van der Waals surface area contributed by atoms with Crippen LogP contribution in [0.2, 0.25) is 0 Å². The quantitative estimate of drug-likeness (QED) is 0.814. The van der Waals surface area contributed by atoms with Crippen molar-refractivity contribution in [2.75, 3.05) is 5.32 Å². The molecule has 86 valence electrons. The lowest BCUT2D eigenvalue weighted by Gasteiger charge is -2.21. The van der Waals surface area contributed by atoms with Crippen molar-refractivity contribution >= 4 is 5.69 Å². The van der Waals surface area contributed by atoms with Gasteiger partial charge in [-0.2, -0.15) is 5.26 Å². The van der Waals surface area contributed by atoms with E-state index in [4.69, 9.17) is 0 Å². The number of benzene rings is 1. The molecule has 1 rings (SSSR count). The summed E-state index contributed by atoms with van der Waals surface area (Å²) in [5.74, 6) is 0.422. The van der Waals surface area contributed by atoms with E-state index < -0.39 is 0 Å². The number of nitrogens with one attached hydrogen (secondary N) is 1. The zero-order valence-electron chi connectivity index (χ0n) is 10.3. The Hall–Kier alpha value is -1.49. The maximum atomic E-state index is 9.18. The van der Waals surface area contributed by atoms with Gasteiger partial charge in [-0.1, -0.05) is 38.8 Å². The molecule has 2 nitrogen and oxygen atoms in total. The van der Waals surface area contributed by atoms with Crippen LogP contribution in [-0.4, -0.2) is 6.04 Å². The molecule has 0 fully saturated rings. The van der Waals surface area contributed by atoms with Crippen molar-refractivity contribution in [3.8, 4) is 6.07 Å². The number of nitrogens with zero attached hydrogens (tertiary/aromatic N) is 1. The predicted octanol–water partition coefficient (Wildman–Crippen LogP) is 3.74. The summed E-state index contributed by atoms with van der Waals surface area (Å²) in [7, 11) is 0. The van der Waals surface area contributed by atoms with Gasteiger partial charge >= 0.3 is 0 Å². The van der Waals surface area contributed by atoms with E-state index in [9.17, 15) is 5.26 Å². The fraction of sp³-hybridized carbons (Fsp3) is 0.500. The summed E-state index contributed by atoms with van der Waals surface area (Å²) >= 11 is 0. The summed E-state index contributed by atoms with van der Waals surface area (Å²) in [6.45, 7) is 6.33. The average molecular weight is 216 g/mol. The molecule has 2 heteroatoms. The molecule has 0 amide bonds. The van der Waals surface area contributed by atoms with E-state index in [0.29, 0.717) is 5.92 Å². The first-order valence-electron chi connectivity index (χ1n) is 5.94. The molecule has 0 saturated heterocycles. The summed E-state index contributed by atoms with van der Waals surface area (Å²) in [6.07, 6.45) is 2.07. The van der Waals surface area contributed by atoms with Gasteiger partial charge in [-0.05, 0) is 30.5 Å². The summed E-state index contributed by atoms with van der Waals surface area (Å²) in [6, 6.07) is 10.4. The smallest absolute Gasteiger partial charge is 0.117 e. The van der Waals surface area contributed by atoms with Crippen molar-refractivity contribution in [1.29, 1.82) is 5.26 Å². The van der Waals surface area contributed by atoms with Gasteiger partial charge in [0.1, 0.15) is 6.04 Å². The van der Waals surface area contributed by atoms with Crippen LogP contribution >= 0.6 is 0 Å². The van der Waals surface area contributed by atoms with Crippen LogP contribution in [0.3, 0.4) is 0 Å². The summed E-state index contributed by atoms with van der Waals surface area (Å²) < 4.78 is 0. The molecule has 1 atom stereocenters. The number of rotatable bonds is 5. The van der Waals surface area contributed by atoms with E-state index in [2.05, 4.69) is 44.3 Å². The predicted molar refractivity (Wildman–Crippen MR) is 68.3 cm³/mol. The maximum Gasteiger partial charge on any atom is 0.117 e. The van der Waals surface area contributed by atoms with Crippen LogP contribution in [0.25, 0.3) is 0 Å². The maximum absolute atomic E-state index is 9.18. The van der Waals surface area contributed by atoms with Gasteiger partial charge < -0.3 is 5.32 Å². The van der Waals surface area contributed by atoms with Crippen LogP contribution in [0.4, 0.5) is 5.69 Å². The van der Waals surface area contributed by atoms with E-state index in [-0.39, 0.29) is 6.04 Å². The number of hydrogen-bond donors (Lipinski definition) is 1. The normalized spacial score (nSPS) is 12.2. The van der Waals surface area contributed by atoms with Crippen LogP contribution in [0.1, 0.15) is 32.3 Å². The Kier molecular flexibility index (Phi) is 4.85. The molecule has 1 unspecified atom stereocenters. The van der Waals surface area contributed by atoms with Crippen LogP contribution < -0.4 is 5.32 Å². The fourth-order valence-corrected chi connectivity index (χ4v) is 1.93. The molecule has 0 saturated carbocycles. The Bertz CT molecular complexity index is 361. The molecule has 0 radical (unpaired) electrons. The summed E-state index contributed by atoms with van der Waals surface area (Å²) in [5.41, 5.74) is 2.25. The lowest BCUT2D eigenvalue weighted by atomic mass is 9.95. The van der Waals surface area contributed by atoms with Gasteiger partial charge in [0.2, 0.25) is 0 Å². The topological polar surface area (TPSA) is 35.8 Å². The average Bonchev–Trinajstić information content (AvgIpc) is 2.29. The third-order valence-corrected chi connectivity index (χ3v) is 3.00. The molecular formula is C14H20N2. The highest BCUT2D eigenvalue weighted by Gasteiger charge is 2.17. The Morgan fingerprint density at radius 3 is 2.50 bits per heavy atom. The van der Waals surface area contributed by atoms with Crippen molar-refractivity contribution < 1.29 is 0 Å². The first-order chi connectivity index (χ1) is 7.71. The molecule has 0 spiro atoms. The van der Waals surface area contributed by atoms with Gasteiger partial charge in [0.25, 0.3) is 0 Å². The van der Waals surface area contributed by atoms with Gasteiger partial charge in [-0.3, -0.25) is 0 Å². The third-order valence-electron chi connectivity index (χ3n) is 3.00. The molecule has 0 aliphatic rings. The molecule has 1 N–H and O–H groups in total. The largest absolute Gasteiger partial charge is 0.370 e. The zero-order chi connectivity index (χ0) is 12.0.